The number of rotatable bonds is 8. The third kappa shape index (κ3) is 4.74. The van der Waals surface area contributed by atoms with E-state index in [1.54, 1.807) is 17.6 Å². The third-order valence-corrected chi connectivity index (χ3v) is 6.33. The summed E-state index contributed by atoms with van der Waals surface area (Å²) < 4.78 is 31.5. The van der Waals surface area contributed by atoms with Gasteiger partial charge in [-0.25, -0.2) is 28.0 Å². The lowest BCUT2D eigenvalue weighted by Crippen LogP contribution is -2.15. The van der Waals surface area contributed by atoms with Crippen LogP contribution in [0.15, 0.2) is 84.1 Å². The Hall–Kier alpha value is -4.35. The predicted molar refractivity (Wildman–Crippen MR) is 136 cm³/mol. The Bertz CT molecular complexity index is 1620. The minimum Gasteiger partial charge on any atom is -0.477 e. The highest BCUT2D eigenvalue weighted by Gasteiger charge is 2.21. The predicted octanol–water partition coefficient (Wildman–Crippen LogP) is 3.51. The molecule has 0 radical (unpaired) electrons. The fourth-order valence-corrected chi connectivity index (χ4v) is 4.45. The highest BCUT2D eigenvalue weighted by atomic mass is 32.2. The van der Waals surface area contributed by atoms with Crippen molar-refractivity contribution in [1.29, 1.82) is 0 Å². The lowest BCUT2D eigenvalue weighted by atomic mass is 10.1. The number of fused-ring (bicyclic) bond motifs is 1. The summed E-state index contributed by atoms with van der Waals surface area (Å²) in [6.07, 6.45) is 5.02. The van der Waals surface area contributed by atoms with Crippen LogP contribution in [0.4, 0.5) is 5.82 Å². The van der Waals surface area contributed by atoms with Gasteiger partial charge >= 0.3 is 0 Å². The number of nitrogens with one attached hydrogen (secondary N) is 1. The van der Waals surface area contributed by atoms with Gasteiger partial charge in [0.25, 0.3) is 0 Å². The van der Waals surface area contributed by atoms with Gasteiger partial charge in [-0.05, 0) is 36.8 Å². The minimum absolute atomic E-state index is 0.0642. The van der Waals surface area contributed by atoms with Crippen molar-refractivity contribution < 1.29 is 13.2 Å². The van der Waals surface area contributed by atoms with Crippen molar-refractivity contribution in [3.05, 3.63) is 84.9 Å². The molecule has 5 aromatic rings. The molecular formula is C25H23N7O3S. The second kappa shape index (κ2) is 9.72. The Morgan fingerprint density at radius 3 is 2.56 bits per heavy atom. The molecule has 11 heteroatoms. The second-order valence-corrected chi connectivity index (χ2v) is 9.38. The van der Waals surface area contributed by atoms with Gasteiger partial charge in [-0.2, -0.15) is 0 Å². The number of hydrogen-bond donors (Lipinski definition) is 2. The largest absolute Gasteiger partial charge is 0.477 e. The summed E-state index contributed by atoms with van der Waals surface area (Å²) in [5, 5.41) is 13.4. The molecule has 5 rings (SSSR count). The van der Waals surface area contributed by atoms with E-state index in [1.807, 2.05) is 60.8 Å². The topological polar surface area (TPSA) is 137 Å². The maximum Gasteiger partial charge on any atom is 0.243 e. The number of nitrogens with two attached hydrogens (primary N) is 1. The van der Waals surface area contributed by atoms with Crippen molar-refractivity contribution in [1.82, 2.24) is 24.6 Å². The number of aromatic nitrogens is 5. The highest BCUT2D eigenvalue weighted by molar-refractivity contribution is 7.89. The fraction of sp³-hybridized carbons (Fsp3) is 0.120. The quantitative estimate of drug-likeness (QED) is 0.329. The SMILES string of the molecule is CCOc1ncc(-c2nc(NCc3ccccn3)c3c(-c4ccccc4)ccn3n2)cc1S(N)(=O)=O. The molecule has 0 unspecified atom stereocenters. The van der Waals surface area contributed by atoms with Crippen molar-refractivity contribution >= 4 is 21.4 Å². The lowest BCUT2D eigenvalue weighted by molar-refractivity contribution is 0.317. The van der Waals surface area contributed by atoms with E-state index in [1.165, 1.54) is 12.3 Å². The molecule has 0 bridgehead atoms. The summed E-state index contributed by atoms with van der Waals surface area (Å²) in [5.41, 5.74) is 3.94. The average molecular weight is 502 g/mol. The average Bonchev–Trinajstić information content (AvgIpc) is 3.32. The van der Waals surface area contributed by atoms with Crippen LogP contribution in [0.1, 0.15) is 12.6 Å². The van der Waals surface area contributed by atoms with Gasteiger partial charge in [0.15, 0.2) is 11.6 Å². The van der Waals surface area contributed by atoms with Crippen LogP contribution in [0.25, 0.3) is 28.0 Å². The zero-order valence-corrected chi connectivity index (χ0v) is 20.2. The normalized spacial score (nSPS) is 11.5. The van der Waals surface area contributed by atoms with E-state index in [-0.39, 0.29) is 23.2 Å². The number of nitrogens with zero attached hydrogens (tertiary/aromatic N) is 5. The molecule has 0 amide bonds. The third-order valence-electron chi connectivity index (χ3n) is 5.42. The summed E-state index contributed by atoms with van der Waals surface area (Å²) in [7, 11) is -4.09. The van der Waals surface area contributed by atoms with Gasteiger partial charge in [-0.3, -0.25) is 4.98 Å². The van der Waals surface area contributed by atoms with E-state index in [9.17, 15) is 8.42 Å². The molecule has 3 N–H and O–H groups in total. The molecule has 1 aromatic carbocycles. The summed E-state index contributed by atoms with van der Waals surface area (Å²) in [5.74, 6) is 0.757. The molecule has 0 fully saturated rings. The van der Waals surface area contributed by atoms with Gasteiger partial charge in [0.1, 0.15) is 10.4 Å². The molecule has 4 aromatic heterocycles. The van der Waals surface area contributed by atoms with Crippen molar-refractivity contribution in [2.45, 2.75) is 18.4 Å². The van der Waals surface area contributed by atoms with Crippen molar-refractivity contribution in [3.8, 4) is 28.4 Å². The van der Waals surface area contributed by atoms with Crippen LogP contribution in [-0.2, 0) is 16.6 Å². The summed E-state index contributed by atoms with van der Waals surface area (Å²) >= 11 is 0. The molecule has 0 aliphatic carbocycles. The van der Waals surface area contributed by atoms with Crippen molar-refractivity contribution in [2.75, 3.05) is 11.9 Å². The van der Waals surface area contributed by atoms with Gasteiger partial charge in [0.05, 0.1) is 18.8 Å². The number of primary sulfonamides is 1. The monoisotopic (exact) mass is 501 g/mol. The smallest absolute Gasteiger partial charge is 0.243 e. The Balaban J connectivity index is 1.65. The molecule has 0 aliphatic rings. The van der Waals surface area contributed by atoms with E-state index in [0.29, 0.717) is 17.9 Å². The van der Waals surface area contributed by atoms with Crippen LogP contribution >= 0.6 is 0 Å². The van der Waals surface area contributed by atoms with Crippen molar-refractivity contribution in [2.24, 2.45) is 5.14 Å². The van der Waals surface area contributed by atoms with Gasteiger partial charge < -0.3 is 10.1 Å². The fourth-order valence-electron chi connectivity index (χ4n) is 3.80. The number of hydrogen-bond acceptors (Lipinski definition) is 8. The first kappa shape index (κ1) is 23.4. The number of sulfonamides is 1. The van der Waals surface area contributed by atoms with Crippen LogP contribution in [0.3, 0.4) is 0 Å². The van der Waals surface area contributed by atoms with Gasteiger partial charge in [0.2, 0.25) is 15.9 Å². The van der Waals surface area contributed by atoms with E-state index in [0.717, 1.165) is 22.3 Å². The van der Waals surface area contributed by atoms with E-state index in [2.05, 4.69) is 20.4 Å². The van der Waals surface area contributed by atoms with Crippen LogP contribution in [0, 0.1) is 0 Å². The first-order valence-electron chi connectivity index (χ1n) is 11.2. The Morgan fingerprint density at radius 2 is 1.83 bits per heavy atom. The standard InChI is InChI=1S/C25H23N7O3S/c1-2-35-25-21(36(26,33)34)14-18(15-29-25)23-30-24(28-16-19-10-6-7-12-27-19)22-20(11-13-32(22)31-23)17-8-4-3-5-9-17/h3-15H,2,16H2,1H3,(H2,26,33,34)(H,28,30,31). The molecule has 10 nitrogen and oxygen atoms in total. The summed E-state index contributed by atoms with van der Waals surface area (Å²) in [6, 6.07) is 18.9. The van der Waals surface area contributed by atoms with Crippen LogP contribution in [-0.4, -0.2) is 39.6 Å². The molecule has 182 valence electrons. The molecular weight excluding hydrogens is 478 g/mol. The van der Waals surface area contributed by atoms with Gasteiger partial charge in [0, 0.05) is 29.7 Å². The molecule has 0 saturated carbocycles. The number of benzene rings is 1. The molecule has 0 spiro atoms. The zero-order chi connectivity index (χ0) is 25.1. The maximum atomic E-state index is 12.2. The van der Waals surface area contributed by atoms with Gasteiger partial charge in [-0.15, -0.1) is 5.10 Å². The number of anilines is 1. The molecule has 0 atom stereocenters. The van der Waals surface area contributed by atoms with Crippen LogP contribution < -0.4 is 15.2 Å². The number of ether oxygens (including phenoxy) is 1. The first-order chi connectivity index (χ1) is 17.4. The summed E-state index contributed by atoms with van der Waals surface area (Å²) in [6.45, 7) is 2.40. The van der Waals surface area contributed by atoms with Crippen LogP contribution in [0.2, 0.25) is 0 Å². The van der Waals surface area contributed by atoms with E-state index < -0.39 is 10.0 Å². The van der Waals surface area contributed by atoms with E-state index >= 15 is 0 Å². The Morgan fingerprint density at radius 1 is 1.03 bits per heavy atom. The Kier molecular flexibility index (Phi) is 6.32. The second-order valence-electron chi connectivity index (χ2n) is 7.85. The van der Waals surface area contributed by atoms with E-state index in [4.69, 9.17) is 14.9 Å². The number of pyridine rings is 2. The molecule has 0 saturated heterocycles. The lowest BCUT2D eigenvalue weighted by Gasteiger charge is -2.13. The van der Waals surface area contributed by atoms with Crippen LogP contribution in [0.5, 0.6) is 5.88 Å². The molecule has 0 aliphatic heterocycles. The summed E-state index contributed by atoms with van der Waals surface area (Å²) in [4.78, 5) is 13.1. The maximum absolute atomic E-state index is 12.2. The first-order valence-corrected chi connectivity index (χ1v) is 12.7. The zero-order valence-electron chi connectivity index (χ0n) is 19.4. The molecule has 4 heterocycles. The van der Waals surface area contributed by atoms with Gasteiger partial charge in [-0.1, -0.05) is 36.4 Å². The highest BCUT2D eigenvalue weighted by Crippen LogP contribution is 2.32. The molecule has 36 heavy (non-hydrogen) atoms. The minimum atomic E-state index is -4.09. The Labute approximate surface area is 207 Å². The van der Waals surface area contributed by atoms with Crippen molar-refractivity contribution in [3.63, 3.8) is 0 Å².